The third-order valence-corrected chi connectivity index (χ3v) is 2.60. The number of hydrogen-bond donors (Lipinski definition) is 1. The quantitative estimate of drug-likeness (QED) is 0.637. The minimum absolute atomic E-state index is 0.0631. The molecule has 0 spiro atoms. The van der Waals surface area contributed by atoms with Gasteiger partial charge in [0.1, 0.15) is 11.0 Å². The van der Waals surface area contributed by atoms with Gasteiger partial charge in [0.05, 0.1) is 0 Å². The summed E-state index contributed by atoms with van der Waals surface area (Å²) in [6, 6.07) is 6.59. The molecule has 1 heterocycles. The average Bonchev–Trinajstić information content (AvgIpc) is 2.13. The molecule has 17 heavy (non-hydrogen) atoms. The minimum atomic E-state index is 0.0631. The largest absolute Gasteiger partial charge is 0.340 e. The van der Waals surface area contributed by atoms with Crippen LogP contribution in [0.5, 0.6) is 0 Å². The van der Waals surface area contributed by atoms with Gasteiger partial charge in [0, 0.05) is 21.8 Å². The fourth-order valence-electron chi connectivity index (χ4n) is 1.23. The van der Waals surface area contributed by atoms with Gasteiger partial charge in [0.2, 0.25) is 5.28 Å². The molecule has 1 aromatic carbocycles. The number of halogens is 4. The van der Waals surface area contributed by atoms with E-state index in [4.69, 9.17) is 46.4 Å². The molecule has 0 saturated heterocycles. The SMILES string of the molecule is Clc1cc(Cl)cc(Nc2cc(Cl)nc(Cl)n2)c1. The van der Waals surface area contributed by atoms with Crippen molar-refractivity contribution >= 4 is 57.9 Å². The van der Waals surface area contributed by atoms with Crippen LogP contribution < -0.4 is 5.32 Å². The molecule has 1 N–H and O–H groups in total. The van der Waals surface area contributed by atoms with Gasteiger partial charge in [0.25, 0.3) is 0 Å². The zero-order chi connectivity index (χ0) is 12.4. The Morgan fingerprint density at radius 1 is 0.824 bits per heavy atom. The lowest BCUT2D eigenvalue weighted by Gasteiger charge is -2.07. The molecule has 0 aliphatic heterocycles. The Kier molecular flexibility index (Phi) is 3.94. The third-order valence-electron chi connectivity index (χ3n) is 1.80. The monoisotopic (exact) mass is 307 g/mol. The molecule has 2 rings (SSSR count). The number of hydrogen-bond acceptors (Lipinski definition) is 3. The van der Waals surface area contributed by atoms with Crippen molar-refractivity contribution in [1.29, 1.82) is 0 Å². The zero-order valence-electron chi connectivity index (χ0n) is 8.22. The molecule has 0 fully saturated rings. The van der Waals surface area contributed by atoms with Gasteiger partial charge >= 0.3 is 0 Å². The van der Waals surface area contributed by atoms with Crippen molar-refractivity contribution in [2.24, 2.45) is 0 Å². The first-order valence-corrected chi connectivity index (χ1v) is 5.97. The maximum Gasteiger partial charge on any atom is 0.225 e. The van der Waals surface area contributed by atoms with Gasteiger partial charge in [-0.05, 0) is 29.8 Å². The summed E-state index contributed by atoms with van der Waals surface area (Å²) in [6.45, 7) is 0. The molecule has 0 radical (unpaired) electrons. The van der Waals surface area contributed by atoms with Crippen molar-refractivity contribution in [1.82, 2.24) is 9.97 Å². The average molecular weight is 309 g/mol. The van der Waals surface area contributed by atoms with Crippen LogP contribution in [-0.4, -0.2) is 9.97 Å². The van der Waals surface area contributed by atoms with Gasteiger partial charge in [-0.25, -0.2) is 9.97 Å². The highest BCUT2D eigenvalue weighted by Gasteiger charge is 2.03. The van der Waals surface area contributed by atoms with Crippen molar-refractivity contribution < 1.29 is 0 Å². The second-order valence-corrected chi connectivity index (χ2v) is 4.73. The lowest BCUT2D eigenvalue weighted by molar-refractivity contribution is 1.17. The molecule has 0 aliphatic carbocycles. The van der Waals surface area contributed by atoms with Crippen molar-refractivity contribution in [2.45, 2.75) is 0 Å². The van der Waals surface area contributed by atoms with E-state index in [0.717, 1.165) is 0 Å². The predicted molar refractivity (Wildman–Crippen MR) is 71.8 cm³/mol. The maximum absolute atomic E-state index is 5.87. The first-order valence-electron chi connectivity index (χ1n) is 4.46. The van der Waals surface area contributed by atoms with Crippen molar-refractivity contribution in [2.75, 3.05) is 5.32 Å². The van der Waals surface area contributed by atoms with Gasteiger partial charge in [0.15, 0.2) is 0 Å². The Bertz CT molecular complexity index is 469. The topological polar surface area (TPSA) is 37.8 Å². The molecule has 0 bridgehead atoms. The molecule has 88 valence electrons. The van der Waals surface area contributed by atoms with Gasteiger partial charge in [-0.3, -0.25) is 0 Å². The van der Waals surface area contributed by atoms with Crippen LogP contribution in [-0.2, 0) is 0 Å². The fourth-order valence-corrected chi connectivity index (χ4v) is 2.16. The minimum Gasteiger partial charge on any atom is -0.340 e. The summed E-state index contributed by atoms with van der Waals surface area (Å²) in [5, 5.41) is 4.33. The Hall–Kier alpha value is -0.740. The van der Waals surface area contributed by atoms with Gasteiger partial charge in [-0.15, -0.1) is 0 Å². The van der Waals surface area contributed by atoms with Crippen molar-refractivity contribution in [3.63, 3.8) is 0 Å². The van der Waals surface area contributed by atoms with E-state index in [9.17, 15) is 0 Å². The van der Waals surface area contributed by atoms with E-state index in [1.807, 2.05) is 0 Å². The highest BCUT2D eigenvalue weighted by atomic mass is 35.5. The third kappa shape index (κ3) is 3.61. The number of anilines is 2. The summed E-state index contributed by atoms with van der Waals surface area (Å²) in [6.07, 6.45) is 0. The molecule has 0 unspecified atom stereocenters. The molecule has 1 aromatic heterocycles. The van der Waals surface area contributed by atoms with Crippen molar-refractivity contribution in [3.05, 3.63) is 44.7 Å². The first kappa shape index (κ1) is 12.7. The van der Waals surface area contributed by atoms with Gasteiger partial charge < -0.3 is 5.32 Å². The predicted octanol–water partition coefficient (Wildman–Crippen LogP) is 4.83. The van der Waals surface area contributed by atoms with Crippen LogP contribution >= 0.6 is 46.4 Å². The van der Waals surface area contributed by atoms with E-state index in [2.05, 4.69) is 15.3 Å². The summed E-state index contributed by atoms with van der Waals surface area (Å²) in [5.74, 6) is 0.466. The van der Waals surface area contributed by atoms with Crippen LogP contribution in [0.3, 0.4) is 0 Å². The highest BCUT2D eigenvalue weighted by molar-refractivity contribution is 6.35. The summed E-state index contributed by atoms with van der Waals surface area (Å²) >= 11 is 23.2. The van der Waals surface area contributed by atoms with Gasteiger partial charge in [-0.1, -0.05) is 34.8 Å². The molecule has 3 nitrogen and oxygen atoms in total. The molecule has 0 amide bonds. The maximum atomic E-state index is 5.87. The Morgan fingerprint density at radius 3 is 2.06 bits per heavy atom. The summed E-state index contributed by atoms with van der Waals surface area (Å²) in [7, 11) is 0. The number of nitrogens with zero attached hydrogens (tertiary/aromatic N) is 2. The molecule has 2 aromatic rings. The molecular weight excluding hydrogens is 304 g/mol. The van der Waals surface area contributed by atoms with E-state index in [1.54, 1.807) is 24.3 Å². The molecule has 0 aliphatic rings. The number of benzene rings is 1. The lowest BCUT2D eigenvalue weighted by Crippen LogP contribution is -1.95. The van der Waals surface area contributed by atoms with Crippen LogP contribution in [0.1, 0.15) is 0 Å². The van der Waals surface area contributed by atoms with E-state index in [0.29, 0.717) is 21.6 Å². The van der Waals surface area contributed by atoms with E-state index >= 15 is 0 Å². The summed E-state index contributed by atoms with van der Waals surface area (Å²) in [5.41, 5.74) is 0.688. The zero-order valence-corrected chi connectivity index (χ0v) is 11.2. The normalized spacial score (nSPS) is 10.4. The Balaban J connectivity index is 2.31. The van der Waals surface area contributed by atoms with Crippen LogP contribution in [0.15, 0.2) is 24.3 Å². The number of nitrogens with one attached hydrogen (secondary N) is 1. The summed E-state index contributed by atoms with van der Waals surface area (Å²) in [4.78, 5) is 7.70. The highest BCUT2D eigenvalue weighted by Crippen LogP contribution is 2.25. The second-order valence-electron chi connectivity index (χ2n) is 3.13. The Labute approximate surface area is 118 Å². The second kappa shape index (κ2) is 5.27. The number of rotatable bonds is 2. The van der Waals surface area contributed by atoms with Crippen molar-refractivity contribution in [3.8, 4) is 0 Å². The standard InChI is InChI=1S/C10H5Cl4N3/c11-5-1-6(12)3-7(2-5)15-9-4-8(13)16-10(14)17-9/h1-4H,(H,15,16,17). The van der Waals surface area contributed by atoms with Crippen LogP contribution in [0.25, 0.3) is 0 Å². The van der Waals surface area contributed by atoms with Crippen LogP contribution in [0.2, 0.25) is 20.5 Å². The number of aromatic nitrogens is 2. The smallest absolute Gasteiger partial charge is 0.225 e. The molecule has 0 saturated carbocycles. The van der Waals surface area contributed by atoms with Crippen LogP contribution in [0, 0.1) is 0 Å². The Morgan fingerprint density at radius 2 is 1.47 bits per heavy atom. The molecular formula is C10H5Cl4N3. The molecule has 0 atom stereocenters. The molecule has 7 heteroatoms. The van der Waals surface area contributed by atoms with E-state index in [-0.39, 0.29) is 10.4 Å². The fraction of sp³-hybridized carbons (Fsp3) is 0. The van der Waals surface area contributed by atoms with Gasteiger partial charge in [-0.2, -0.15) is 0 Å². The van der Waals surface area contributed by atoms with E-state index in [1.165, 1.54) is 0 Å². The lowest BCUT2D eigenvalue weighted by atomic mass is 10.3. The van der Waals surface area contributed by atoms with Crippen LogP contribution in [0.4, 0.5) is 11.5 Å². The van der Waals surface area contributed by atoms with E-state index < -0.39 is 0 Å². The summed E-state index contributed by atoms with van der Waals surface area (Å²) < 4.78 is 0. The first-order chi connectivity index (χ1) is 8.02.